The Labute approximate surface area is 119 Å². The second-order valence-corrected chi connectivity index (χ2v) is 5.41. The first-order valence-corrected chi connectivity index (χ1v) is 7.19. The standard InChI is InChI=1S/C15H12F2N2S/c16-11-7-4-8-12(14(11)17)18-15-19-13(9-20-15)10-5-2-1-3-6-10/h1-8,13H,9H2,(H,18,19). The van der Waals surface area contributed by atoms with Gasteiger partial charge >= 0.3 is 0 Å². The number of aliphatic imine (C=N–C) groups is 1. The monoisotopic (exact) mass is 290 g/mol. The molecule has 0 amide bonds. The number of rotatable bonds is 2. The van der Waals surface area contributed by atoms with Crippen molar-refractivity contribution < 1.29 is 8.78 Å². The molecule has 0 aromatic heterocycles. The summed E-state index contributed by atoms with van der Waals surface area (Å²) in [5, 5.41) is 3.46. The van der Waals surface area contributed by atoms with Gasteiger partial charge in [0, 0.05) is 5.75 Å². The molecule has 20 heavy (non-hydrogen) atoms. The number of benzene rings is 2. The van der Waals surface area contributed by atoms with Crippen molar-refractivity contribution in [1.82, 2.24) is 0 Å². The molecule has 1 atom stereocenters. The van der Waals surface area contributed by atoms with E-state index in [0.717, 1.165) is 17.4 Å². The highest BCUT2D eigenvalue weighted by molar-refractivity contribution is 8.14. The van der Waals surface area contributed by atoms with E-state index in [9.17, 15) is 8.78 Å². The quantitative estimate of drug-likeness (QED) is 0.895. The van der Waals surface area contributed by atoms with Crippen LogP contribution in [0, 0.1) is 11.6 Å². The van der Waals surface area contributed by atoms with Crippen LogP contribution in [-0.2, 0) is 0 Å². The minimum atomic E-state index is -0.876. The molecule has 1 heterocycles. The first kappa shape index (κ1) is 13.1. The van der Waals surface area contributed by atoms with Gasteiger partial charge in [0.05, 0.1) is 11.7 Å². The summed E-state index contributed by atoms with van der Waals surface area (Å²) in [6.45, 7) is 0. The molecule has 0 radical (unpaired) electrons. The SMILES string of the molecule is Fc1cccc(NC2=NC(c3ccccc3)CS2)c1F. The van der Waals surface area contributed by atoms with Crippen LogP contribution in [0.4, 0.5) is 14.5 Å². The van der Waals surface area contributed by atoms with Crippen LogP contribution in [0.15, 0.2) is 53.5 Å². The average molecular weight is 290 g/mol. The molecular weight excluding hydrogens is 278 g/mol. The highest BCUT2D eigenvalue weighted by Crippen LogP contribution is 2.31. The fraction of sp³-hybridized carbons (Fsp3) is 0.133. The number of nitrogens with one attached hydrogen (secondary N) is 1. The van der Waals surface area contributed by atoms with E-state index >= 15 is 0 Å². The van der Waals surface area contributed by atoms with Gasteiger partial charge in [-0.2, -0.15) is 0 Å². The molecule has 0 saturated heterocycles. The van der Waals surface area contributed by atoms with Crippen molar-refractivity contribution in [2.24, 2.45) is 4.99 Å². The van der Waals surface area contributed by atoms with Gasteiger partial charge in [-0.15, -0.1) is 0 Å². The maximum absolute atomic E-state index is 13.6. The van der Waals surface area contributed by atoms with E-state index in [-0.39, 0.29) is 11.7 Å². The summed E-state index contributed by atoms with van der Waals surface area (Å²) >= 11 is 1.50. The van der Waals surface area contributed by atoms with E-state index in [0.29, 0.717) is 5.17 Å². The van der Waals surface area contributed by atoms with E-state index in [1.165, 1.54) is 23.9 Å². The zero-order chi connectivity index (χ0) is 13.9. The molecule has 1 unspecified atom stereocenters. The minimum absolute atomic E-state index is 0.0559. The molecule has 1 aliphatic heterocycles. The second kappa shape index (κ2) is 5.63. The fourth-order valence-electron chi connectivity index (χ4n) is 2.00. The Balaban J connectivity index is 1.78. The van der Waals surface area contributed by atoms with Crippen LogP contribution in [0.2, 0.25) is 0 Å². The van der Waals surface area contributed by atoms with E-state index in [2.05, 4.69) is 10.3 Å². The molecule has 1 N–H and O–H groups in total. The second-order valence-electron chi connectivity index (χ2n) is 4.40. The number of halogens is 2. The highest BCUT2D eigenvalue weighted by atomic mass is 32.2. The number of nitrogens with zero attached hydrogens (tertiary/aromatic N) is 1. The largest absolute Gasteiger partial charge is 0.332 e. The normalized spacial score (nSPS) is 17.9. The van der Waals surface area contributed by atoms with Gasteiger partial charge in [0.25, 0.3) is 0 Å². The summed E-state index contributed by atoms with van der Waals surface area (Å²) < 4.78 is 26.7. The molecular formula is C15H12F2N2S. The summed E-state index contributed by atoms with van der Waals surface area (Å²) in [6.07, 6.45) is 0. The van der Waals surface area contributed by atoms with Crippen LogP contribution in [-0.4, -0.2) is 10.9 Å². The summed E-state index contributed by atoms with van der Waals surface area (Å²) in [6, 6.07) is 14.0. The van der Waals surface area contributed by atoms with Crippen molar-refractivity contribution in [1.29, 1.82) is 0 Å². The minimum Gasteiger partial charge on any atom is -0.332 e. The van der Waals surface area contributed by atoms with Crippen molar-refractivity contribution in [2.45, 2.75) is 6.04 Å². The van der Waals surface area contributed by atoms with Crippen molar-refractivity contribution >= 4 is 22.6 Å². The van der Waals surface area contributed by atoms with E-state index in [1.807, 2.05) is 30.3 Å². The van der Waals surface area contributed by atoms with E-state index in [1.54, 1.807) is 0 Å². The van der Waals surface area contributed by atoms with Crippen molar-refractivity contribution in [3.63, 3.8) is 0 Å². The Morgan fingerprint density at radius 2 is 1.85 bits per heavy atom. The van der Waals surface area contributed by atoms with Gasteiger partial charge in [-0.05, 0) is 17.7 Å². The first-order chi connectivity index (χ1) is 9.74. The lowest BCUT2D eigenvalue weighted by Gasteiger charge is -2.06. The van der Waals surface area contributed by atoms with E-state index < -0.39 is 11.6 Å². The lowest BCUT2D eigenvalue weighted by Crippen LogP contribution is -2.07. The summed E-state index contributed by atoms with van der Waals surface area (Å²) in [5.41, 5.74) is 1.24. The average Bonchev–Trinajstić information content (AvgIpc) is 2.93. The van der Waals surface area contributed by atoms with Crippen molar-refractivity contribution in [3.05, 3.63) is 65.7 Å². The molecule has 2 aromatic carbocycles. The van der Waals surface area contributed by atoms with Crippen LogP contribution in [0.5, 0.6) is 0 Å². The molecule has 0 fully saturated rings. The zero-order valence-electron chi connectivity index (χ0n) is 10.5. The summed E-state index contributed by atoms with van der Waals surface area (Å²) in [4.78, 5) is 4.50. The molecule has 5 heteroatoms. The molecule has 2 nitrogen and oxygen atoms in total. The predicted octanol–water partition coefficient (Wildman–Crippen LogP) is 4.22. The van der Waals surface area contributed by atoms with Gasteiger partial charge in [-0.1, -0.05) is 48.2 Å². The van der Waals surface area contributed by atoms with Crippen LogP contribution >= 0.6 is 11.8 Å². The van der Waals surface area contributed by atoms with Crippen LogP contribution in [0.25, 0.3) is 0 Å². The third-order valence-electron chi connectivity index (χ3n) is 3.03. The Morgan fingerprint density at radius 3 is 2.65 bits per heavy atom. The summed E-state index contributed by atoms with van der Waals surface area (Å²) in [5.74, 6) is -0.944. The maximum atomic E-state index is 13.6. The van der Waals surface area contributed by atoms with E-state index in [4.69, 9.17) is 0 Å². The van der Waals surface area contributed by atoms with Gasteiger partial charge in [-0.25, -0.2) is 8.78 Å². The lowest BCUT2D eigenvalue weighted by atomic mass is 10.1. The Hall–Kier alpha value is -1.88. The maximum Gasteiger partial charge on any atom is 0.182 e. The third-order valence-corrected chi connectivity index (χ3v) is 3.99. The first-order valence-electron chi connectivity index (χ1n) is 6.20. The number of amidine groups is 1. The molecule has 0 bridgehead atoms. The number of thioether (sulfide) groups is 1. The Bertz CT molecular complexity index is 644. The Kier molecular flexibility index (Phi) is 3.69. The van der Waals surface area contributed by atoms with Crippen LogP contribution in [0.1, 0.15) is 11.6 Å². The van der Waals surface area contributed by atoms with Crippen molar-refractivity contribution in [3.8, 4) is 0 Å². The fourth-order valence-corrected chi connectivity index (χ4v) is 2.97. The van der Waals surface area contributed by atoms with Gasteiger partial charge in [0.2, 0.25) is 0 Å². The molecule has 0 aliphatic carbocycles. The highest BCUT2D eigenvalue weighted by Gasteiger charge is 2.20. The topological polar surface area (TPSA) is 24.4 Å². The van der Waals surface area contributed by atoms with Gasteiger partial charge in [0.1, 0.15) is 0 Å². The Morgan fingerprint density at radius 1 is 1.05 bits per heavy atom. The lowest BCUT2D eigenvalue weighted by molar-refractivity contribution is 0.512. The van der Waals surface area contributed by atoms with Gasteiger partial charge in [0.15, 0.2) is 16.8 Å². The number of hydrogen-bond acceptors (Lipinski definition) is 3. The third kappa shape index (κ3) is 2.67. The zero-order valence-corrected chi connectivity index (χ0v) is 11.3. The smallest absolute Gasteiger partial charge is 0.182 e. The molecule has 2 aromatic rings. The molecule has 0 spiro atoms. The predicted molar refractivity (Wildman–Crippen MR) is 79.1 cm³/mol. The van der Waals surface area contributed by atoms with Crippen LogP contribution < -0.4 is 5.32 Å². The molecule has 1 aliphatic rings. The molecule has 0 saturated carbocycles. The van der Waals surface area contributed by atoms with Crippen LogP contribution in [0.3, 0.4) is 0 Å². The molecule has 102 valence electrons. The number of anilines is 1. The van der Waals surface area contributed by atoms with Gasteiger partial charge in [-0.3, -0.25) is 4.99 Å². The number of hydrogen-bond donors (Lipinski definition) is 1. The summed E-state index contributed by atoms with van der Waals surface area (Å²) in [7, 11) is 0. The van der Waals surface area contributed by atoms with Crippen molar-refractivity contribution in [2.75, 3.05) is 11.1 Å². The molecule has 3 rings (SSSR count). The van der Waals surface area contributed by atoms with Gasteiger partial charge < -0.3 is 5.32 Å².